The minimum atomic E-state index is -0.572. The van der Waals surface area contributed by atoms with Crippen molar-refractivity contribution < 1.29 is 43.2 Å². The van der Waals surface area contributed by atoms with E-state index < -0.39 is 47.9 Å². The van der Waals surface area contributed by atoms with Crippen LogP contribution in [-0.2, 0) is 43.2 Å². The Kier molecular flexibility index (Phi) is 17.7. The van der Waals surface area contributed by atoms with Crippen LogP contribution in [0.3, 0.4) is 0 Å². The van der Waals surface area contributed by atoms with Gasteiger partial charge in [-0.25, -0.2) is 0 Å². The Morgan fingerprint density at radius 3 is 0.596 bits per heavy atom. The highest BCUT2D eigenvalue weighted by Gasteiger charge is 2.25. The highest BCUT2D eigenvalue weighted by atomic mass is 16.2. The van der Waals surface area contributed by atoms with Crippen LogP contribution in [0.5, 0.6) is 0 Å². The number of rotatable bonds is 17. The van der Waals surface area contributed by atoms with Crippen LogP contribution < -0.4 is 0 Å². The number of amides is 9. The topological polar surface area (TPSA) is 183 Å². The predicted octanol–water partition coefficient (Wildman–Crippen LogP) is -3.85. The molecule has 0 aliphatic rings. The Morgan fingerprint density at radius 2 is 0.447 bits per heavy atom. The van der Waals surface area contributed by atoms with Gasteiger partial charge in [-0.2, -0.15) is 0 Å². The summed E-state index contributed by atoms with van der Waals surface area (Å²) in [4.78, 5) is 122. The summed E-state index contributed by atoms with van der Waals surface area (Å²) in [6.45, 7) is 1.13. The normalized spacial score (nSPS) is 10.3. The molecule has 0 aromatic carbocycles. The lowest BCUT2D eigenvalue weighted by Gasteiger charge is -2.27. The first kappa shape index (κ1) is 42.2. The van der Waals surface area contributed by atoms with E-state index in [-0.39, 0.29) is 57.6 Å². The first-order valence-corrected chi connectivity index (χ1v) is 14.8. The van der Waals surface area contributed by atoms with Crippen LogP contribution in [0.25, 0.3) is 0 Å². The Labute approximate surface area is 276 Å². The van der Waals surface area contributed by atoms with Crippen molar-refractivity contribution in [1.29, 1.82) is 0 Å². The number of nitrogens with zero attached hydrogens (tertiary/aromatic N) is 9. The number of carbonyl (C=O) groups excluding carboxylic acids is 9. The van der Waals surface area contributed by atoms with E-state index in [4.69, 9.17) is 0 Å². The van der Waals surface area contributed by atoms with E-state index in [2.05, 4.69) is 0 Å². The molecule has 0 atom stereocenters. The van der Waals surface area contributed by atoms with Gasteiger partial charge in [-0.15, -0.1) is 0 Å². The van der Waals surface area contributed by atoms with Gasteiger partial charge in [-0.05, 0) is 6.92 Å². The molecule has 0 aromatic rings. The van der Waals surface area contributed by atoms with Crippen LogP contribution in [0.15, 0.2) is 0 Å². The molecule has 0 fully saturated rings. The van der Waals surface area contributed by atoms with Gasteiger partial charge in [-0.3, -0.25) is 43.2 Å². The van der Waals surface area contributed by atoms with Gasteiger partial charge >= 0.3 is 0 Å². The van der Waals surface area contributed by atoms with E-state index in [0.29, 0.717) is 6.54 Å². The first-order chi connectivity index (χ1) is 21.6. The zero-order chi connectivity index (χ0) is 36.8. The molecule has 0 N–H and O–H groups in total. The van der Waals surface area contributed by atoms with Gasteiger partial charge in [0, 0.05) is 76.9 Å². The van der Waals surface area contributed by atoms with E-state index in [0.717, 1.165) is 29.4 Å². The molecule has 0 unspecified atom stereocenters. The molecule has 0 saturated carbocycles. The van der Waals surface area contributed by atoms with Crippen molar-refractivity contribution in [2.45, 2.75) is 13.8 Å². The third kappa shape index (κ3) is 14.9. The molecular formula is C29H51N9O9. The average Bonchev–Trinajstić information content (AvgIpc) is 2.99. The molecule has 0 aromatic heterocycles. The molecule has 266 valence electrons. The number of hydrogen-bond donors (Lipinski definition) is 0. The summed E-state index contributed by atoms with van der Waals surface area (Å²) in [5.41, 5.74) is 0. The highest BCUT2D eigenvalue weighted by molar-refractivity contribution is 5.93. The molecule has 18 nitrogen and oxygen atoms in total. The van der Waals surface area contributed by atoms with Crippen LogP contribution in [0.2, 0.25) is 0 Å². The highest BCUT2D eigenvalue weighted by Crippen LogP contribution is 2.00. The summed E-state index contributed by atoms with van der Waals surface area (Å²) in [5, 5.41) is 0. The number of hydrogen-bond acceptors (Lipinski definition) is 9. The van der Waals surface area contributed by atoms with Crippen molar-refractivity contribution in [3.05, 3.63) is 0 Å². The van der Waals surface area contributed by atoms with Crippen molar-refractivity contribution in [2.24, 2.45) is 0 Å². The monoisotopic (exact) mass is 669 g/mol. The molecular weight excluding hydrogens is 618 g/mol. The Morgan fingerprint density at radius 1 is 0.298 bits per heavy atom. The van der Waals surface area contributed by atoms with Gasteiger partial charge in [0.2, 0.25) is 53.2 Å². The van der Waals surface area contributed by atoms with Crippen molar-refractivity contribution in [3.8, 4) is 0 Å². The summed E-state index contributed by atoms with van der Waals surface area (Å²) < 4.78 is 0. The average molecular weight is 670 g/mol. The van der Waals surface area contributed by atoms with Crippen molar-refractivity contribution in [2.75, 3.05) is 122 Å². The minimum Gasteiger partial charge on any atom is -0.345 e. The Balaban J connectivity index is 4.82. The van der Waals surface area contributed by atoms with E-state index >= 15 is 0 Å². The second-order valence-electron chi connectivity index (χ2n) is 11.5. The maximum absolute atomic E-state index is 12.7. The van der Waals surface area contributed by atoms with E-state index in [1.165, 1.54) is 78.0 Å². The van der Waals surface area contributed by atoms with Gasteiger partial charge in [0.15, 0.2) is 0 Å². The molecule has 0 aliphatic heterocycles. The van der Waals surface area contributed by atoms with E-state index in [1.54, 1.807) is 14.0 Å². The summed E-state index contributed by atoms with van der Waals surface area (Å²) >= 11 is 0. The standard InChI is InChI=1S/C29H51N9O9/c1-12-30(3)22(40)14-32(5)24(42)16-34(7)26(44)18-36(9)28(46)20-38(11)29(47)19-37(10)27(45)17-35(8)25(43)15-33(6)23(41)13-31(4)21(2)39/h12-20H2,1-11H3. The van der Waals surface area contributed by atoms with Crippen LogP contribution in [0.4, 0.5) is 0 Å². The molecule has 18 heteroatoms. The number of likely N-dealkylation sites (N-methyl/N-ethyl adjacent to an activating group) is 9. The van der Waals surface area contributed by atoms with Crippen LogP contribution in [0, 0.1) is 0 Å². The largest absolute Gasteiger partial charge is 0.345 e. The van der Waals surface area contributed by atoms with E-state index in [1.807, 2.05) is 0 Å². The van der Waals surface area contributed by atoms with Gasteiger partial charge in [0.1, 0.15) is 0 Å². The lowest BCUT2D eigenvalue weighted by atomic mass is 10.3. The summed E-state index contributed by atoms with van der Waals surface area (Å²) in [7, 11) is 12.8. The lowest BCUT2D eigenvalue weighted by molar-refractivity contribution is -0.146. The maximum atomic E-state index is 12.7. The van der Waals surface area contributed by atoms with Gasteiger partial charge in [0.05, 0.1) is 52.4 Å². The molecule has 47 heavy (non-hydrogen) atoms. The number of carbonyl (C=O) groups is 9. The minimum absolute atomic E-state index is 0.137. The predicted molar refractivity (Wildman–Crippen MR) is 170 cm³/mol. The van der Waals surface area contributed by atoms with E-state index in [9.17, 15) is 43.2 Å². The molecule has 0 bridgehead atoms. The first-order valence-electron chi connectivity index (χ1n) is 14.8. The fourth-order valence-electron chi connectivity index (χ4n) is 3.49. The molecule has 0 radical (unpaired) electrons. The second-order valence-corrected chi connectivity index (χ2v) is 11.5. The fraction of sp³-hybridized carbons (Fsp3) is 0.690. The fourth-order valence-corrected chi connectivity index (χ4v) is 3.49. The van der Waals surface area contributed by atoms with Crippen LogP contribution >= 0.6 is 0 Å². The molecule has 0 spiro atoms. The van der Waals surface area contributed by atoms with Gasteiger partial charge < -0.3 is 44.1 Å². The smallest absolute Gasteiger partial charge is 0.242 e. The Bertz CT molecular complexity index is 1200. The van der Waals surface area contributed by atoms with Crippen molar-refractivity contribution >= 4 is 53.2 Å². The molecule has 0 rings (SSSR count). The SMILES string of the molecule is CCN(C)C(=O)CN(C)C(=O)CN(C)C(=O)CN(C)C(=O)CN(C)C(=O)CN(C)C(=O)CN(C)C(=O)CN(C)C(=O)CN(C)C(C)=O. The molecule has 9 amide bonds. The molecule has 0 heterocycles. The Hall–Kier alpha value is -4.77. The van der Waals surface area contributed by atoms with Crippen molar-refractivity contribution in [1.82, 2.24) is 44.1 Å². The summed E-state index contributed by atoms with van der Waals surface area (Å²) in [6, 6.07) is 0. The van der Waals surface area contributed by atoms with Crippen molar-refractivity contribution in [3.63, 3.8) is 0 Å². The molecule has 0 saturated heterocycles. The lowest BCUT2D eigenvalue weighted by Crippen LogP contribution is -2.49. The third-order valence-electron chi connectivity index (χ3n) is 7.40. The van der Waals surface area contributed by atoms with Gasteiger partial charge in [0.25, 0.3) is 0 Å². The zero-order valence-corrected chi connectivity index (χ0v) is 29.6. The third-order valence-corrected chi connectivity index (χ3v) is 7.40. The van der Waals surface area contributed by atoms with Crippen LogP contribution in [0.1, 0.15) is 13.8 Å². The second kappa shape index (κ2) is 19.7. The van der Waals surface area contributed by atoms with Gasteiger partial charge in [-0.1, -0.05) is 0 Å². The summed E-state index contributed by atoms with van der Waals surface area (Å²) in [6.07, 6.45) is 0. The maximum Gasteiger partial charge on any atom is 0.242 e. The molecule has 0 aliphatic carbocycles. The summed E-state index contributed by atoms with van der Waals surface area (Å²) in [5.74, 6) is -4.22. The van der Waals surface area contributed by atoms with Crippen LogP contribution in [-0.4, -0.2) is 220 Å². The quantitative estimate of drug-likeness (QED) is 0.150. The zero-order valence-electron chi connectivity index (χ0n) is 29.6.